The molecule has 1 atom stereocenters. The summed E-state index contributed by atoms with van der Waals surface area (Å²) in [5, 5.41) is 18.4. The molecular weight excluding hydrogens is 449 g/mol. The van der Waals surface area contributed by atoms with E-state index < -0.39 is 40.5 Å². The van der Waals surface area contributed by atoms with Gasteiger partial charge in [0, 0.05) is 38.5 Å². The van der Waals surface area contributed by atoms with E-state index in [1.807, 2.05) is 4.90 Å². The summed E-state index contributed by atoms with van der Waals surface area (Å²) in [5.41, 5.74) is -1.73. The third-order valence-corrected chi connectivity index (χ3v) is 7.03. The fraction of sp³-hybridized carbons (Fsp3) is 0.471. The Morgan fingerprint density at radius 1 is 1.30 bits per heavy atom. The molecule has 30 heavy (non-hydrogen) atoms. The van der Waals surface area contributed by atoms with Gasteiger partial charge in [-0.3, -0.25) is 9.47 Å². The zero-order valence-electron chi connectivity index (χ0n) is 15.3. The summed E-state index contributed by atoms with van der Waals surface area (Å²) in [6.45, 7) is 1.98. The van der Waals surface area contributed by atoms with Gasteiger partial charge in [0.15, 0.2) is 0 Å². The maximum Gasteiger partial charge on any atom is 0.417 e. The topological polar surface area (TPSA) is 98.9 Å². The Kier molecular flexibility index (Phi) is 5.27. The number of hydrogen-bond acceptors (Lipinski definition) is 6. The van der Waals surface area contributed by atoms with Crippen LogP contribution in [0.15, 0.2) is 15.8 Å². The summed E-state index contributed by atoms with van der Waals surface area (Å²) in [6.07, 6.45) is -5.72. The van der Waals surface area contributed by atoms with Crippen LogP contribution >= 0.6 is 23.4 Å². The highest BCUT2D eigenvalue weighted by Crippen LogP contribution is 2.47. The number of piperazine rings is 1. The molecule has 1 amide bonds. The van der Waals surface area contributed by atoms with Crippen LogP contribution in [0.5, 0.6) is 5.88 Å². The molecular formula is C17H16ClF3N4O4S. The molecule has 13 heteroatoms. The molecule has 2 N–H and O–H groups in total. The Balaban J connectivity index is 1.75. The van der Waals surface area contributed by atoms with E-state index in [1.165, 1.54) is 9.47 Å². The van der Waals surface area contributed by atoms with Crippen molar-refractivity contribution in [3.8, 4) is 5.88 Å². The minimum atomic E-state index is -4.73. The highest BCUT2D eigenvalue weighted by molar-refractivity contribution is 7.99. The minimum Gasteiger partial charge on any atom is -0.493 e. The third-order valence-electron chi connectivity index (χ3n) is 5.29. The number of amides is 1. The van der Waals surface area contributed by atoms with Crippen molar-refractivity contribution in [2.75, 3.05) is 38.5 Å². The zero-order valence-corrected chi connectivity index (χ0v) is 16.9. The number of hydrogen-bond donors (Lipinski definition) is 2. The molecule has 1 fully saturated rings. The highest BCUT2D eigenvalue weighted by Gasteiger charge is 2.38. The lowest BCUT2D eigenvalue weighted by atomic mass is 10.1. The number of halogens is 4. The number of alkyl halides is 3. The SMILES string of the molecule is O=C(O)N1CCN(CC2CSc3c(Cl)c(C(F)(F)F)cc4c(O)nc(=O)n2c34)CC1. The molecule has 1 saturated heterocycles. The van der Waals surface area contributed by atoms with Crippen LogP contribution in [0.1, 0.15) is 11.6 Å². The van der Waals surface area contributed by atoms with Crippen LogP contribution in [0, 0.1) is 0 Å². The number of nitrogens with zero attached hydrogens (tertiary/aromatic N) is 4. The van der Waals surface area contributed by atoms with Crippen LogP contribution in [-0.4, -0.2) is 74.1 Å². The lowest BCUT2D eigenvalue weighted by Crippen LogP contribution is -2.50. The van der Waals surface area contributed by atoms with Gasteiger partial charge in [0.25, 0.3) is 0 Å². The molecule has 3 heterocycles. The maximum atomic E-state index is 13.4. The van der Waals surface area contributed by atoms with Gasteiger partial charge in [-0.1, -0.05) is 11.6 Å². The average Bonchev–Trinajstić information content (AvgIpc) is 2.66. The van der Waals surface area contributed by atoms with E-state index in [1.54, 1.807) is 0 Å². The van der Waals surface area contributed by atoms with E-state index in [9.17, 15) is 27.9 Å². The highest BCUT2D eigenvalue weighted by atomic mass is 35.5. The van der Waals surface area contributed by atoms with E-state index in [-0.39, 0.29) is 21.6 Å². The molecule has 2 aromatic rings. The van der Waals surface area contributed by atoms with Crippen molar-refractivity contribution in [1.29, 1.82) is 0 Å². The molecule has 0 radical (unpaired) electrons. The number of aromatic nitrogens is 2. The standard InChI is InChI=1S/C17H16ClF3N4O4S/c18-11-10(17(19,20)21)5-9-12-13(11)30-7-8(25(12)15(27)22-14(9)26)6-23-1-3-24(4-2-23)16(28)29/h5,8H,1-4,6-7H2,(H,28,29)(H,22,26,27). The van der Waals surface area contributed by atoms with Gasteiger partial charge in [0.2, 0.25) is 5.88 Å². The summed E-state index contributed by atoms with van der Waals surface area (Å²) in [5.74, 6) is -0.486. The number of aromatic hydroxyl groups is 1. The average molecular weight is 465 g/mol. The van der Waals surface area contributed by atoms with Gasteiger partial charge in [0.1, 0.15) is 0 Å². The molecule has 1 aromatic carbocycles. The summed E-state index contributed by atoms with van der Waals surface area (Å²) in [4.78, 5) is 30.5. The van der Waals surface area contributed by atoms with E-state index >= 15 is 0 Å². The Bertz CT molecular complexity index is 1090. The molecule has 4 rings (SSSR count). The zero-order chi connectivity index (χ0) is 21.8. The van der Waals surface area contributed by atoms with Gasteiger partial charge >= 0.3 is 18.0 Å². The number of thioether (sulfide) groups is 1. The summed E-state index contributed by atoms with van der Waals surface area (Å²) in [6, 6.07) is 0.295. The second-order valence-electron chi connectivity index (χ2n) is 7.08. The first-order valence-electron chi connectivity index (χ1n) is 8.96. The van der Waals surface area contributed by atoms with Gasteiger partial charge in [-0.25, -0.2) is 9.59 Å². The van der Waals surface area contributed by atoms with Crippen LogP contribution < -0.4 is 5.69 Å². The third kappa shape index (κ3) is 3.56. The van der Waals surface area contributed by atoms with Crippen LogP contribution in [0.4, 0.5) is 18.0 Å². The van der Waals surface area contributed by atoms with Crippen molar-refractivity contribution in [2.45, 2.75) is 17.1 Å². The first-order chi connectivity index (χ1) is 14.1. The first kappa shape index (κ1) is 21.1. The molecule has 2 aliphatic heterocycles. The minimum absolute atomic E-state index is 0.0863. The second-order valence-corrected chi connectivity index (χ2v) is 8.49. The van der Waals surface area contributed by atoms with Crippen LogP contribution in [0.2, 0.25) is 5.02 Å². The largest absolute Gasteiger partial charge is 0.493 e. The van der Waals surface area contributed by atoms with E-state index in [4.69, 9.17) is 16.7 Å². The molecule has 0 spiro atoms. The van der Waals surface area contributed by atoms with Gasteiger partial charge in [-0.2, -0.15) is 18.2 Å². The first-order valence-corrected chi connectivity index (χ1v) is 10.3. The van der Waals surface area contributed by atoms with Gasteiger partial charge in [0.05, 0.1) is 32.4 Å². The van der Waals surface area contributed by atoms with Crippen LogP contribution in [0.25, 0.3) is 10.9 Å². The van der Waals surface area contributed by atoms with Crippen molar-refractivity contribution >= 4 is 40.4 Å². The quantitative estimate of drug-likeness (QED) is 0.705. The number of carboxylic acid groups (broad SMARTS) is 1. The number of benzene rings is 1. The van der Waals surface area contributed by atoms with E-state index in [0.717, 1.165) is 11.8 Å². The monoisotopic (exact) mass is 464 g/mol. The van der Waals surface area contributed by atoms with Crippen molar-refractivity contribution in [1.82, 2.24) is 19.4 Å². The lowest BCUT2D eigenvalue weighted by molar-refractivity contribution is -0.137. The Morgan fingerprint density at radius 3 is 2.57 bits per heavy atom. The molecule has 8 nitrogen and oxygen atoms in total. The molecule has 1 aromatic heterocycles. The van der Waals surface area contributed by atoms with Gasteiger partial charge in [-0.15, -0.1) is 11.8 Å². The molecule has 0 saturated carbocycles. The van der Waals surface area contributed by atoms with Crippen LogP contribution in [-0.2, 0) is 6.18 Å². The smallest absolute Gasteiger partial charge is 0.417 e. The maximum absolute atomic E-state index is 13.4. The second kappa shape index (κ2) is 7.50. The van der Waals surface area contributed by atoms with E-state index in [2.05, 4.69) is 4.98 Å². The predicted octanol–water partition coefficient (Wildman–Crippen LogP) is 2.72. The number of carbonyl (C=O) groups is 1. The molecule has 1 unspecified atom stereocenters. The van der Waals surface area contributed by atoms with Gasteiger partial charge < -0.3 is 15.1 Å². The van der Waals surface area contributed by atoms with E-state index in [0.29, 0.717) is 38.8 Å². The van der Waals surface area contributed by atoms with Crippen molar-refractivity contribution in [2.24, 2.45) is 0 Å². The van der Waals surface area contributed by atoms with Crippen molar-refractivity contribution in [3.63, 3.8) is 0 Å². The summed E-state index contributed by atoms with van der Waals surface area (Å²) >= 11 is 7.13. The fourth-order valence-corrected chi connectivity index (χ4v) is 5.43. The molecule has 2 aliphatic rings. The number of rotatable bonds is 2. The predicted molar refractivity (Wildman–Crippen MR) is 103 cm³/mol. The summed E-state index contributed by atoms with van der Waals surface area (Å²) in [7, 11) is 0. The Hall–Kier alpha value is -2.18. The fourth-order valence-electron chi connectivity index (χ4n) is 3.82. The van der Waals surface area contributed by atoms with Crippen LogP contribution in [0.3, 0.4) is 0 Å². The van der Waals surface area contributed by atoms with Gasteiger partial charge in [-0.05, 0) is 6.07 Å². The Labute approximate surface area is 176 Å². The Morgan fingerprint density at radius 2 is 1.97 bits per heavy atom. The van der Waals surface area contributed by atoms with Crippen molar-refractivity contribution < 1.29 is 28.2 Å². The van der Waals surface area contributed by atoms with Crippen molar-refractivity contribution in [3.05, 3.63) is 27.1 Å². The normalized spacial score (nSPS) is 20.0. The molecule has 0 aliphatic carbocycles. The molecule has 162 valence electrons. The summed E-state index contributed by atoms with van der Waals surface area (Å²) < 4.78 is 41.4. The molecule has 0 bridgehead atoms. The lowest BCUT2D eigenvalue weighted by Gasteiger charge is -2.37.